The van der Waals surface area contributed by atoms with Crippen molar-refractivity contribution in [1.29, 1.82) is 0 Å². The standard InChI is InChI=1S/C6H6BrF3O3/c1-2-5(7,4(12)13)3(11)6(8,9)10/h2H2,1H3,(H,12,13). The highest BCUT2D eigenvalue weighted by Gasteiger charge is 2.55. The molecule has 0 aromatic carbocycles. The number of carbonyl (C=O) groups is 2. The van der Waals surface area contributed by atoms with Crippen molar-refractivity contribution in [2.45, 2.75) is 23.8 Å². The van der Waals surface area contributed by atoms with Gasteiger partial charge in [0, 0.05) is 0 Å². The summed E-state index contributed by atoms with van der Waals surface area (Å²) in [7, 11) is 0. The molecule has 0 fully saturated rings. The van der Waals surface area contributed by atoms with Gasteiger partial charge in [-0.15, -0.1) is 0 Å². The first-order valence-corrected chi connectivity index (χ1v) is 3.99. The Kier molecular flexibility index (Phi) is 3.48. The molecular formula is C6H6BrF3O3. The molecule has 0 radical (unpaired) electrons. The van der Waals surface area contributed by atoms with Crippen LogP contribution in [-0.4, -0.2) is 27.4 Å². The highest BCUT2D eigenvalue weighted by atomic mass is 79.9. The fraction of sp³-hybridized carbons (Fsp3) is 0.667. The highest BCUT2D eigenvalue weighted by Crippen LogP contribution is 2.32. The Morgan fingerprint density at radius 3 is 1.85 bits per heavy atom. The zero-order valence-electron chi connectivity index (χ0n) is 6.48. The van der Waals surface area contributed by atoms with E-state index in [1.165, 1.54) is 6.92 Å². The molecule has 0 aromatic heterocycles. The summed E-state index contributed by atoms with van der Waals surface area (Å²) in [5.41, 5.74) is 0. The summed E-state index contributed by atoms with van der Waals surface area (Å²) in [6, 6.07) is 0. The molecule has 1 unspecified atom stereocenters. The number of aliphatic carboxylic acids is 1. The van der Waals surface area contributed by atoms with Crippen LogP contribution in [0.4, 0.5) is 13.2 Å². The average Bonchev–Trinajstić information content (AvgIpc) is 1.99. The van der Waals surface area contributed by atoms with Crippen molar-refractivity contribution in [2.24, 2.45) is 0 Å². The van der Waals surface area contributed by atoms with Gasteiger partial charge in [-0.05, 0) is 6.42 Å². The van der Waals surface area contributed by atoms with Gasteiger partial charge in [-0.3, -0.25) is 9.59 Å². The van der Waals surface area contributed by atoms with E-state index in [9.17, 15) is 22.8 Å². The van der Waals surface area contributed by atoms with Crippen molar-refractivity contribution < 1.29 is 27.9 Å². The molecule has 1 N–H and O–H groups in total. The zero-order chi connectivity index (χ0) is 10.9. The minimum absolute atomic E-state index is 0.472. The summed E-state index contributed by atoms with van der Waals surface area (Å²) in [4.78, 5) is 21.0. The normalized spacial score (nSPS) is 16.4. The SMILES string of the molecule is CCC(Br)(C(=O)O)C(=O)C(F)(F)F. The summed E-state index contributed by atoms with van der Waals surface area (Å²) in [5.74, 6) is -4.13. The molecule has 0 amide bonds. The third kappa shape index (κ3) is 2.43. The van der Waals surface area contributed by atoms with Crippen molar-refractivity contribution >= 4 is 27.7 Å². The Morgan fingerprint density at radius 2 is 1.77 bits per heavy atom. The maximum atomic E-state index is 11.8. The summed E-state index contributed by atoms with van der Waals surface area (Å²) >= 11 is 2.28. The molecular weight excluding hydrogens is 257 g/mol. The molecule has 3 nitrogen and oxygen atoms in total. The van der Waals surface area contributed by atoms with Crippen LogP contribution in [0.1, 0.15) is 13.3 Å². The van der Waals surface area contributed by atoms with Crippen LogP contribution < -0.4 is 0 Å². The largest absolute Gasteiger partial charge is 0.480 e. The van der Waals surface area contributed by atoms with Crippen LogP contribution in [-0.2, 0) is 9.59 Å². The molecule has 0 aliphatic carbocycles. The van der Waals surface area contributed by atoms with E-state index in [1.807, 2.05) is 0 Å². The van der Waals surface area contributed by atoms with Crippen molar-refractivity contribution in [3.8, 4) is 0 Å². The second-order valence-corrected chi connectivity index (χ2v) is 3.64. The molecule has 0 aliphatic rings. The molecule has 7 heteroatoms. The summed E-state index contributed by atoms with van der Waals surface area (Å²) < 4.78 is 33.0. The summed E-state index contributed by atoms with van der Waals surface area (Å²) in [6.07, 6.45) is -5.61. The molecule has 0 aromatic rings. The minimum atomic E-state index is -5.14. The molecule has 0 spiro atoms. The van der Waals surface area contributed by atoms with Gasteiger partial charge in [-0.1, -0.05) is 22.9 Å². The van der Waals surface area contributed by atoms with E-state index in [0.29, 0.717) is 0 Å². The van der Waals surface area contributed by atoms with Gasteiger partial charge >= 0.3 is 12.1 Å². The van der Waals surface area contributed by atoms with E-state index in [1.54, 1.807) is 0 Å². The topological polar surface area (TPSA) is 54.4 Å². The highest BCUT2D eigenvalue weighted by molar-refractivity contribution is 9.10. The number of halogens is 4. The molecule has 13 heavy (non-hydrogen) atoms. The maximum absolute atomic E-state index is 11.8. The quantitative estimate of drug-likeness (QED) is 0.623. The van der Waals surface area contributed by atoms with Gasteiger partial charge in [0.15, 0.2) is 4.32 Å². The average molecular weight is 263 g/mol. The lowest BCUT2D eigenvalue weighted by atomic mass is 10.0. The number of Topliss-reactive ketones (excluding diaryl/α,β-unsaturated/α-hetero) is 1. The van der Waals surface area contributed by atoms with E-state index in [4.69, 9.17) is 5.11 Å². The number of carboxylic acid groups (broad SMARTS) is 1. The number of carbonyl (C=O) groups excluding carboxylic acids is 1. The van der Waals surface area contributed by atoms with Crippen LogP contribution in [0.25, 0.3) is 0 Å². The van der Waals surface area contributed by atoms with Crippen LogP contribution >= 0.6 is 15.9 Å². The fourth-order valence-corrected chi connectivity index (χ4v) is 0.858. The maximum Gasteiger partial charge on any atom is 0.452 e. The van der Waals surface area contributed by atoms with Crippen molar-refractivity contribution in [3.05, 3.63) is 0 Å². The number of hydrogen-bond donors (Lipinski definition) is 1. The molecule has 0 saturated heterocycles. The van der Waals surface area contributed by atoms with Crippen LogP contribution in [0.15, 0.2) is 0 Å². The number of alkyl halides is 4. The molecule has 0 rings (SSSR count). The lowest BCUT2D eigenvalue weighted by Crippen LogP contribution is -2.47. The lowest BCUT2D eigenvalue weighted by Gasteiger charge is -2.20. The Balaban J connectivity index is 5.01. The Morgan fingerprint density at radius 1 is 1.38 bits per heavy atom. The zero-order valence-corrected chi connectivity index (χ0v) is 8.07. The minimum Gasteiger partial charge on any atom is -0.480 e. The second kappa shape index (κ2) is 3.65. The van der Waals surface area contributed by atoms with E-state index in [0.717, 1.165) is 0 Å². The third-order valence-electron chi connectivity index (χ3n) is 1.44. The smallest absolute Gasteiger partial charge is 0.452 e. The lowest BCUT2D eigenvalue weighted by molar-refractivity contribution is -0.177. The van der Waals surface area contributed by atoms with E-state index in [-0.39, 0.29) is 0 Å². The molecule has 76 valence electrons. The monoisotopic (exact) mass is 262 g/mol. The van der Waals surface area contributed by atoms with Gasteiger partial charge in [-0.25, -0.2) is 0 Å². The number of ketones is 1. The molecule has 0 saturated carbocycles. The molecule has 0 aliphatic heterocycles. The van der Waals surface area contributed by atoms with Gasteiger partial charge in [0.2, 0.25) is 0 Å². The predicted molar refractivity (Wildman–Crippen MR) is 40.6 cm³/mol. The Hall–Kier alpha value is -0.590. The van der Waals surface area contributed by atoms with Crippen molar-refractivity contribution in [2.75, 3.05) is 0 Å². The van der Waals surface area contributed by atoms with Crippen LogP contribution in [0.5, 0.6) is 0 Å². The first-order chi connectivity index (χ1) is 5.66. The van der Waals surface area contributed by atoms with Crippen molar-refractivity contribution in [3.63, 3.8) is 0 Å². The fourth-order valence-electron chi connectivity index (χ4n) is 0.634. The van der Waals surface area contributed by atoms with Gasteiger partial charge < -0.3 is 5.11 Å². The molecule has 1 atom stereocenters. The van der Waals surface area contributed by atoms with Crippen LogP contribution in [0.2, 0.25) is 0 Å². The third-order valence-corrected chi connectivity index (χ3v) is 2.70. The number of hydrogen-bond acceptors (Lipinski definition) is 2. The Bertz CT molecular complexity index is 238. The van der Waals surface area contributed by atoms with Crippen LogP contribution in [0, 0.1) is 0 Å². The van der Waals surface area contributed by atoms with Crippen molar-refractivity contribution in [1.82, 2.24) is 0 Å². The van der Waals surface area contributed by atoms with E-state index in [2.05, 4.69) is 15.9 Å². The second-order valence-electron chi connectivity index (χ2n) is 2.29. The van der Waals surface area contributed by atoms with E-state index >= 15 is 0 Å². The summed E-state index contributed by atoms with van der Waals surface area (Å²) in [6.45, 7) is 1.17. The summed E-state index contributed by atoms with van der Waals surface area (Å²) in [5, 5.41) is 8.40. The first-order valence-electron chi connectivity index (χ1n) is 3.20. The predicted octanol–water partition coefficient (Wildman–Crippen LogP) is 1.75. The molecule has 0 bridgehead atoms. The first kappa shape index (κ1) is 12.4. The van der Waals surface area contributed by atoms with Gasteiger partial charge in [0.05, 0.1) is 0 Å². The van der Waals surface area contributed by atoms with Crippen LogP contribution in [0.3, 0.4) is 0 Å². The van der Waals surface area contributed by atoms with Gasteiger partial charge in [0.25, 0.3) is 5.78 Å². The van der Waals surface area contributed by atoms with Gasteiger partial charge in [0.1, 0.15) is 0 Å². The van der Waals surface area contributed by atoms with Gasteiger partial charge in [-0.2, -0.15) is 13.2 Å². The number of carboxylic acids is 1. The molecule has 0 heterocycles. The van der Waals surface area contributed by atoms with E-state index < -0.39 is 28.7 Å². The number of rotatable bonds is 3. The Labute approximate surface area is 80.0 Å².